The van der Waals surface area contributed by atoms with E-state index in [1.807, 2.05) is 66.4 Å². The standard InChI is InChI=1S/C30H28F3N5OS/c1-19-18-22(20(2)38(19)25-14-7-6-12-23(25)30(31,32)33)28-27(24-13-8-9-16-34-24)36-29(40)37(28)17-15-26(39)35-21-10-4-3-5-11-21/h3-14,16,18,27-28H,15,17H2,1-2H3,(H,35,39)(H,36,40). The fourth-order valence-corrected chi connectivity index (χ4v) is 5.65. The first-order valence-corrected chi connectivity index (χ1v) is 13.2. The predicted molar refractivity (Wildman–Crippen MR) is 152 cm³/mol. The Hall–Kier alpha value is -4.18. The highest BCUT2D eigenvalue weighted by molar-refractivity contribution is 7.80. The van der Waals surface area contributed by atoms with Gasteiger partial charge in [0, 0.05) is 36.2 Å². The maximum absolute atomic E-state index is 13.9. The van der Waals surface area contributed by atoms with Crippen LogP contribution in [-0.4, -0.2) is 32.0 Å². The third-order valence-corrected chi connectivity index (χ3v) is 7.43. The number of amides is 1. The fourth-order valence-electron chi connectivity index (χ4n) is 5.32. The topological polar surface area (TPSA) is 62.2 Å². The van der Waals surface area contributed by atoms with Crippen LogP contribution in [0, 0.1) is 13.8 Å². The molecule has 6 nitrogen and oxygen atoms in total. The molecule has 2 unspecified atom stereocenters. The van der Waals surface area contributed by atoms with Crippen molar-refractivity contribution in [3.63, 3.8) is 0 Å². The van der Waals surface area contributed by atoms with Crippen molar-refractivity contribution in [1.82, 2.24) is 19.8 Å². The van der Waals surface area contributed by atoms with Gasteiger partial charge in [-0.05, 0) is 74.1 Å². The summed E-state index contributed by atoms with van der Waals surface area (Å²) in [6.45, 7) is 3.91. The number of aromatic nitrogens is 2. The second-order valence-corrected chi connectivity index (χ2v) is 10.0. The van der Waals surface area contributed by atoms with Crippen LogP contribution in [0.2, 0.25) is 0 Å². The van der Waals surface area contributed by atoms with Gasteiger partial charge in [0.15, 0.2) is 5.11 Å². The van der Waals surface area contributed by atoms with E-state index in [0.29, 0.717) is 28.7 Å². The molecule has 1 aliphatic rings. The maximum Gasteiger partial charge on any atom is 0.418 e. The summed E-state index contributed by atoms with van der Waals surface area (Å²) >= 11 is 5.72. The fraction of sp³-hybridized carbons (Fsp3) is 0.233. The molecule has 1 aliphatic heterocycles. The molecule has 10 heteroatoms. The second kappa shape index (κ2) is 11.1. The highest BCUT2D eigenvalue weighted by atomic mass is 32.1. The maximum atomic E-state index is 13.9. The molecule has 3 heterocycles. The van der Waals surface area contributed by atoms with Crippen molar-refractivity contribution in [1.29, 1.82) is 0 Å². The second-order valence-electron chi connectivity index (χ2n) is 9.66. The number of carbonyl (C=O) groups is 1. The molecule has 1 amide bonds. The molecule has 40 heavy (non-hydrogen) atoms. The van der Waals surface area contributed by atoms with E-state index in [-0.39, 0.29) is 24.1 Å². The van der Waals surface area contributed by atoms with E-state index in [2.05, 4.69) is 15.6 Å². The Morgan fingerprint density at radius 3 is 2.42 bits per heavy atom. The van der Waals surface area contributed by atoms with Crippen LogP contribution in [0.5, 0.6) is 0 Å². The molecule has 2 N–H and O–H groups in total. The highest BCUT2D eigenvalue weighted by Gasteiger charge is 2.42. The average Bonchev–Trinajstić information content (AvgIpc) is 3.42. The lowest BCUT2D eigenvalue weighted by molar-refractivity contribution is -0.137. The molecular formula is C30H28F3N5OS. The summed E-state index contributed by atoms with van der Waals surface area (Å²) in [7, 11) is 0. The number of hydrogen-bond donors (Lipinski definition) is 2. The number of anilines is 1. The average molecular weight is 564 g/mol. The van der Waals surface area contributed by atoms with Crippen molar-refractivity contribution >= 4 is 28.9 Å². The van der Waals surface area contributed by atoms with Gasteiger partial charge in [0.2, 0.25) is 5.91 Å². The van der Waals surface area contributed by atoms with Gasteiger partial charge < -0.3 is 20.1 Å². The van der Waals surface area contributed by atoms with E-state index in [0.717, 1.165) is 17.3 Å². The van der Waals surface area contributed by atoms with Crippen molar-refractivity contribution in [2.45, 2.75) is 38.5 Å². The summed E-state index contributed by atoms with van der Waals surface area (Å²) in [5, 5.41) is 6.69. The van der Waals surface area contributed by atoms with Crippen molar-refractivity contribution in [3.8, 4) is 5.69 Å². The van der Waals surface area contributed by atoms with Gasteiger partial charge in [0.25, 0.3) is 0 Å². The van der Waals surface area contributed by atoms with Crippen LogP contribution in [0.15, 0.2) is 85.1 Å². The molecule has 0 bridgehead atoms. The number of thiocarbonyl (C=S) groups is 1. The van der Waals surface area contributed by atoms with Crippen molar-refractivity contribution in [3.05, 3.63) is 113 Å². The van der Waals surface area contributed by atoms with E-state index in [1.165, 1.54) is 12.1 Å². The molecule has 2 aromatic heterocycles. The third-order valence-electron chi connectivity index (χ3n) is 7.07. The Morgan fingerprint density at radius 1 is 1.02 bits per heavy atom. The van der Waals surface area contributed by atoms with Crippen LogP contribution in [0.25, 0.3) is 5.69 Å². The molecule has 0 radical (unpaired) electrons. The number of carbonyl (C=O) groups excluding carboxylic acids is 1. The minimum absolute atomic E-state index is 0.0629. The molecule has 0 aliphatic carbocycles. The van der Waals surface area contributed by atoms with Crippen LogP contribution >= 0.6 is 12.2 Å². The summed E-state index contributed by atoms with van der Waals surface area (Å²) in [6, 6.07) is 21.5. The lowest BCUT2D eigenvalue weighted by Crippen LogP contribution is -2.32. The van der Waals surface area contributed by atoms with Crippen molar-refractivity contribution < 1.29 is 18.0 Å². The Labute approximate surface area is 235 Å². The first-order valence-electron chi connectivity index (χ1n) is 12.8. The van der Waals surface area contributed by atoms with E-state index >= 15 is 0 Å². The molecule has 0 saturated carbocycles. The van der Waals surface area contributed by atoms with E-state index in [4.69, 9.17) is 12.2 Å². The summed E-state index contributed by atoms with van der Waals surface area (Å²) < 4.78 is 43.5. The smallest absolute Gasteiger partial charge is 0.352 e. The van der Waals surface area contributed by atoms with Crippen molar-refractivity contribution in [2.75, 3.05) is 11.9 Å². The van der Waals surface area contributed by atoms with Crippen LogP contribution in [0.3, 0.4) is 0 Å². The molecule has 1 fully saturated rings. The van der Waals surface area contributed by atoms with E-state index in [1.54, 1.807) is 23.8 Å². The normalized spacial score (nSPS) is 17.1. The minimum Gasteiger partial charge on any atom is -0.352 e. The van der Waals surface area contributed by atoms with Gasteiger partial charge in [-0.2, -0.15) is 13.2 Å². The molecule has 2 aromatic carbocycles. The summed E-state index contributed by atoms with van der Waals surface area (Å²) in [4.78, 5) is 19.3. The number of aryl methyl sites for hydroxylation is 1. The SMILES string of the molecule is Cc1cc(C2C(c3ccccn3)NC(=S)N2CCC(=O)Nc2ccccc2)c(C)n1-c1ccccc1C(F)(F)F. The van der Waals surface area contributed by atoms with Gasteiger partial charge in [0.05, 0.1) is 29.0 Å². The first-order chi connectivity index (χ1) is 19.1. The Kier molecular flexibility index (Phi) is 7.62. The molecule has 0 spiro atoms. The van der Waals surface area contributed by atoms with Crippen molar-refractivity contribution in [2.24, 2.45) is 0 Å². The molecule has 4 aromatic rings. The largest absolute Gasteiger partial charge is 0.418 e. The zero-order valence-electron chi connectivity index (χ0n) is 21.9. The van der Waals surface area contributed by atoms with Crippen LogP contribution < -0.4 is 10.6 Å². The van der Waals surface area contributed by atoms with Gasteiger partial charge in [-0.25, -0.2) is 0 Å². The number of para-hydroxylation sites is 2. The number of benzene rings is 2. The van der Waals surface area contributed by atoms with Gasteiger partial charge in [-0.15, -0.1) is 0 Å². The lowest BCUT2D eigenvalue weighted by atomic mass is 9.96. The zero-order valence-corrected chi connectivity index (χ0v) is 22.8. The van der Waals surface area contributed by atoms with Gasteiger partial charge in [-0.1, -0.05) is 36.4 Å². The Bertz CT molecular complexity index is 1520. The third kappa shape index (κ3) is 5.44. The molecule has 2 atom stereocenters. The lowest BCUT2D eigenvalue weighted by Gasteiger charge is -2.28. The van der Waals surface area contributed by atoms with Gasteiger partial charge in [0.1, 0.15) is 0 Å². The highest BCUT2D eigenvalue weighted by Crippen LogP contribution is 2.42. The summed E-state index contributed by atoms with van der Waals surface area (Å²) in [6.07, 6.45) is -2.65. The van der Waals surface area contributed by atoms with Crippen LogP contribution in [0.1, 0.15) is 46.7 Å². The number of hydrogen-bond acceptors (Lipinski definition) is 3. The zero-order chi connectivity index (χ0) is 28.4. The molecular weight excluding hydrogens is 535 g/mol. The number of pyridine rings is 1. The molecule has 1 saturated heterocycles. The first kappa shape index (κ1) is 27.4. The number of nitrogens with zero attached hydrogens (tertiary/aromatic N) is 3. The number of nitrogens with one attached hydrogen (secondary N) is 2. The summed E-state index contributed by atoms with van der Waals surface area (Å²) in [5.74, 6) is -0.168. The van der Waals surface area contributed by atoms with Crippen LogP contribution in [0.4, 0.5) is 18.9 Å². The quantitative estimate of drug-likeness (QED) is 0.251. The summed E-state index contributed by atoms with van der Waals surface area (Å²) in [5.41, 5.74) is 2.91. The number of alkyl halides is 3. The number of halogens is 3. The monoisotopic (exact) mass is 563 g/mol. The Morgan fingerprint density at radius 2 is 1.73 bits per heavy atom. The molecule has 5 rings (SSSR count). The van der Waals surface area contributed by atoms with Gasteiger partial charge >= 0.3 is 6.18 Å². The number of rotatable bonds is 7. The minimum atomic E-state index is -4.51. The van der Waals surface area contributed by atoms with Gasteiger partial charge in [-0.3, -0.25) is 9.78 Å². The predicted octanol–water partition coefficient (Wildman–Crippen LogP) is 6.51. The van der Waals surface area contributed by atoms with E-state index < -0.39 is 17.8 Å². The van der Waals surface area contributed by atoms with Crippen LogP contribution in [-0.2, 0) is 11.0 Å². The van der Waals surface area contributed by atoms with E-state index in [9.17, 15) is 18.0 Å². The molecule has 206 valence electrons. The Balaban J connectivity index is 1.52.